The van der Waals surface area contributed by atoms with E-state index in [1.54, 1.807) is 33.8 Å². The van der Waals surface area contributed by atoms with Gasteiger partial charge in [0.1, 0.15) is 17.7 Å². The van der Waals surface area contributed by atoms with Gasteiger partial charge in [-0.2, -0.15) is 0 Å². The molecule has 1 unspecified atom stereocenters. The van der Waals surface area contributed by atoms with E-state index in [9.17, 15) is 19.5 Å². The molecule has 0 spiro atoms. The Kier molecular flexibility index (Phi) is 6.27. The van der Waals surface area contributed by atoms with Crippen molar-refractivity contribution in [2.45, 2.75) is 58.2 Å². The van der Waals surface area contributed by atoms with E-state index in [0.717, 1.165) is 4.90 Å². The molecule has 9 heteroatoms. The number of fused-ring (bicyclic) bond motifs is 1. The number of nitrogens with one attached hydrogen (secondary N) is 1. The van der Waals surface area contributed by atoms with Gasteiger partial charge in [-0.1, -0.05) is 30.1 Å². The van der Waals surface area contributed by atoms with Crippen LogP contribution in [0.15, 0.2) is 12.1 Å². The fraction of sp³-hybridized carbons (Fsp3) is 0.500. The molecule has 0 aliphatic carbocycles. The molecule has 1 heterocycles. The van der Waals surface area contributed by atoms with Crippen LogP contribution in [-0.4, -0.2) is 40.8 Å². The molecule has 0 bridgehead atoms. The summed E-state index contributed by atoms with van der Waals surface area (Å²) in [5.41, 5.74) is 0.155. The van der Waals surface area contributed by atoms with Crippen molar-refractivity contribution >= 4 is 46.9 Å². The number of benzene rings is 1. The van der Waals surface area contributed by atoms with Gasteiger partial charge in [0.05, 0.1) is 10.0 Å². The standard InChI is InChI=1S/C18H22Cl2N2O5/c1-5-11(21-17(26)27-18(2,3)4)15(23)22-12-7-6-10(19)14(20)9(12)8-13(22)16(24)25/h6-7,11,13H,5,8H2,1-4H3,(H,21,26)(H,24,25)/t11-,13?/m0/s1. The van der Waals surface area contributed by atoms with E-state index in [1.165, 1.54) is 6.07 Å². The zero-order valence-electron chi connectivity index (χ0n) is 15.5. The number of carbonyl (C=O) groups is 3. The molecule has 7 nitrogen and oxygen atoms in total. The van der Waals surface area contributed by atoms with E-state index in [2.05, 4.69) is 5.32 Å². The van der Waals surface area contributed by atoms with Crippen LogP contribution in [-0.2, 0) is 20.7 Å². The number of halogens is 2. The molecule has 1 aliphatic rings. The van der Waals surface area contributed by atoms with Crippen LogP contribution in [0, 0.1) is 0 Å². The Balaban J connectivity index is 2.33. The van der Waals surface area contributed by atoms with Gasteiger partial charge in [0.15, 0.2) is 0 Å². The van der Waals surface area contributed by atoms with Crippen molar-refractivity contribution in [2.24, 2.45) is 0 Å². The molecule has 148 valence electrons. The van der Waals surface area contributed by atoms with Gasteiger partial charge >= 0.3 is 12.1 Å². The molecule has 0 saturated heterocycles. The third-order valence-electron chi connectivity index (χ3n) is 4.06. The normalized spacial score (nSPS) is 17.3. The molecule has 1 aromatic carbocycles. The van der Waals surface area contributed by atoms with Crippen molar-refractivity contribution in [3.63, 3.8) is 0 Å². The average molecular weight is 417 g/mol. The lowest BCUT2D eigenvalue weighted by Gasteiger charge is -2.28. The third kappa shape index (κ3) is 4.65. The van der Waals surface area contributed by atoms with Gasteiger partial charge in [0, 0.05) is 12.1 Å². The minimum atomic E-state index is -1.17. The Labute approximate surface area is 167 Å². The predicted molar refractivity (Wildman–Crippen MR) is 103 cm³/mol. The minimum Gasteiger partial charge on any atom is -0.480 e. The van der Waals surface area contributed by atoms with E-state index in [0.29, 0.717) is 11.3 Å². The molecule has 0 fully saturated rings. The van der Waals surface area contributed by atoms with E-state index in [4.69, 9.17) is 27.9 Å². The predicted octanol–water partition coefficient (Wildman–Crippen LogP) is 3.64. The number of nitrogens with zero attached hydrogens (tertiary/aromatic N) is 1. The largest absolute Gasteiger partial charge is 0.480 e. The maximum atomic E-state index is 13.1. The first kappa shape index (κ1) is 21.3. The van der Waals surface area contributed by atoms with Crippen LogP contribution >= 0.6 is 23.2 Å². The van der Waals surface area contributed by atoms with Gasteiger partial charge in [-0.05, 0) is 44.9 Å². The van der Waals surface area contributed by atoms with Crippen molar-refractivity contribution in [1.29, 1.82) is 0 Å². The zero-order chi connectivity index (χ0) is 20.5. The van der Waals surface area contributed by atoms with E-state index < -0.39 is 35.7 Å². The molecule has 27 heavy (non-hydrogen) atoms. The summed E-state index contributed by atoms with van der Waals surface area (Å²) in [5.74, 6) is -1.72. The fourth-order valence-corrected chi connectivity index (χ4v) is 3.30. The maximum absolute atomic E-state index is 13.1. The summed E-state index contributed by atoms with van der Waals surface area (Å²) in [5, 5.41) is 12.6. The fourth-order valence-electron chi connectivity index (χ4n) is 2.88. The number of carbonyl (C=O) groups excluding carboxylic acids is 2. The average Bonchev–Trinajstić information content (AvgIpc) is 2.94. The Bertz CT molecular complexity index is 776. The highest BCUT2D eigenvalue weighted by atomic mass is 35.5. The summed E-state index contributed by atoms with van der Waals surface area (Å²) >= 11 is 12.2. The van der Waals surface area contributed by atoms with Crippen LogP contribution in [0.4, 0.5) is 10.5 Å². The van der Waals surface area contributed by atoms with Gasteiger partial charge in [0.25, 0.3) is 5.91 Å². The molecule has 0 radical (unpaired) electrons. The summed E-state index contributed by atoms with van der Waals surface area (Å²) in [6.45, 7) is 6.83. The number of hydrogen-bond donors (Lipinski definition) is 2. The van der Waals surface area contributed by atoms with Crippen molar-refractivity contribution in [3.8, 4) is 0 Å². The topological polar surface area (TPSA) is 95.9 Å². The summed E-state index contributed by atoms with van der Waals surface area (Å²) < 4.78 is 5.19. The molecule has 2 rings (SSSR count). The second kappa shape index (κ2) is 7.94. The highest BCUT2D eigenvalue weighted by molar-refractivity contribution is 6.43. The SMILES string of the molecule is CC[C@H](NC(=O)OC(C)(C)C)C(=O)N1c2ccc(Cl)c(Cl)c2CC1C(=O)O. The zero-order valence-corrected chi connectivity index (χ0v) is 17.0. The second-order valence-electron chi connectivity index (χ2n) is 7.23. The second-order valence-corrected chi connectivity index (χ2v) is 8.02. The maximum Gasteiger partial charge on any atom is 0.408 e. The van der Waals surface area contributed by atoms with Crippen molar-refractivity contribution in [1.82, 2.24) is 5.32 Å². The van der Waals surface area contributed by atoms with Gasteiger partial charge in [-0.15, -0.1) is 0 Å². The number of carboxylic acids is 1. The molecular formula is C18H22Cl2N2O5. The summed E-state index contributed by atoms with van der Waals surface area (Å²) in [6, 6.07) is 1.00. The highest BCUT2D eigenvalue weighted by Crippen LogP contribution is 2.40. The monoisotopic (exact) mass is 416 g/mol. The highest BCUT2D eigenvalue weighted by Gasteiger charge is 2.42. The van der Waals surface area contributed by atoms with E-state index >= 15 is 0 Å². The lowest BCUT2D eigenvalue weighted by Crippen LogP contribution is -2.53. The number of alkyl carbamates (subject to hydrolysis) is 1. The summed E-state index contributed by atoms with van der Waals surface area (Å²) in [6.07, 6.45) is -0.445. The Morgan fingerprint density at radius 3 is 2.48 bits per heavy atom. The number of aliphatic carboxylic acids is 1. The Morgan fingerprint density at radius 2 is 1.96 bits per heavy atom. The lowest BCUT2D eigenvalue weighted by atomic mass is 10.1. The number of amides is 2. The van der Waals surface area contributed by atoms with Crippen molar-refractivity contribution in [3.05, 3.63) is 27.7 Å². The van der Waals surface area contributed by atoms with Gasteiger partial charge in [-0.3, -0.25) is 9.69 Å². The number of ether oxygens (including phenoxy) is 1. The summed E-state index contributed by atoms with van der Waals surface area (Å²) in [7, 11) is 0. The van der Waals surface area contributed by atoms with Crippen molar-refractivity contribution < 1.29 is 24.2 Å². The number of hydrogen-bond acceptors (Lipinski definition) is 4. The first-order valence-electron chi connectivity index (χ1n) is 8.48. The Morgan fingerprint density at radius 1 is 1.33 bits per heavy atom. The summed E-state index contributed by atoms with van der Waals surface area (Å²) in [4.78, 5) is 38.0. The number of carboxylic acid groups (broad SMARTS) is 1. The van der Waals surface area contributed by atoms with Gasteiger partial charge in [-0.25, -0.2) is 9.59 Å². The van der Waals surface area contributed by atoms with Crippen LogP contribution in [0.25, 0.3) is 0 Å². The molecule has 0 aromatic heterocycles. The smallest absolute Gasteiger partial charge is 0.408 e. The first-order valence-corrected chi connectivity index (χ1v) is 9.24. The van der Waals surface area contributed by atoms with Gasteiger partial charge in [0.2, 0.25) is 0 Å². The number of rotatable bonds is 4. The van der Waals surface area contributed by atoms with Crippen molar-refractivity contribution in [2.75, 3.05) is 4.90 Å². The van der Waals surface area contributed by atoms with Gasteiger partial charge < -0.3 is 15.2 Å². The van der Waals surface area contributed by atoms with Crippen LogP contribution in [0.1, 0.15) is 39.7 Å². The molecule has 2 N–H and O–H groups in total. The molecular weight excluding hydrogens is 395 g/mol. The number of anilines is 1. The van der Waals surface area contributed by atoms with Crippen LogP contribution in [0.2, 0.25) is 10.0 Å². The molecule has 2 amide bonds. The first-order chi connectivity index (χ1) is 12.5. The Hall–Kier alpha value is -1.99. The van der Waals surface area contributed by atoms with Crippen LogP contribution in [0.5, 0.6) is 0 Å². The molecule has 0 saturated carbocycles. The van der Waals surface area contributed by atoms with E-state index in [1.807, 2.05) is 0 Å². The minimum absolute atomic E-state index is 0.0403. The molecule has 1 aromatic rings. The quantitative estimate of drug-likeness (QED) is 0.780. The van der Waals surface area contributed by atoms with E-state index in [-0.39, 0.29) is 22.9 Å². The van der Waals surface area contributed by atoms with Crippen LogP contribution < -0.4 is 10.2 Å². The molecule has 2 atom stereocenters. The van der Waals surface area contributed by atoms with Crippen LogP contribution in [0.3, 0.4) is 0 Å². The third-order valence-corrected chi connectivity index (χ3v) is 4.90. The lowest BCUT2D eigenvalue weighted by molar-refractivity contribution is -0.140. The molecule has 1 aliphatic heterocycles.